The Morgan fingerprint density at radius 3 is 2.89 bits per heavy atom. The fourth-order valence-electron chi connectivity index (χ4n) is 2.85. The van der Waals surface area contributed by atoms with Gasteiger partial charge in [0.15, 0.2) is 0 Å². The molecule has 3 heteroatoms. The third-order valence-electron chi connectivity index (χ3n) is 4.17. The second-order valence-corrected chi connectivity index (χ2v) is 5.79. The Morgan fingerprint density at radius 2 is 2.17 bits per heavy atom. The standard InChI is InChI=1S/C15H19N3/c1-12-9-18(11-15(6-7-15)10-17-12)14-5-3-2-4-13(14)8-16/h2-5,12,17H,6-7,9-11H2,1H3. The minimum Gasteiger partial charge on any atom is -0.368 e. The van der Waals surface area contributed by atoms with E-state index in [1.165, 1.54) is 12.8 Å². The summed E-state index contributed by atoms with van der Waals surface area (Å²) in [4.78, 5) is 2.40. The monoisotopic (exact) mass is 241 g/mol. The predicted octanol–water partition coefficient (Wildman–Crippen LogP) is 2.14. The number of para-hydroxylation sites is 1. The van der Waals surface area contributed by atoms with E-state index in [9.17, 15) is 5.26 Å². The lowest BCUT2D eigenvalue weighted by molar-refractivity contribution is 0.479. The van der Waals surface area contributed by atoms with Crippen LogP contribution in [0.15, 0.2) is 24.3 Å². The molecule has 1 aromatic carbocycles. The Bertz CT molecular complexity index is 485. The quantitative estimate of drug-likeness (QED) is 0.818. The van der Waals surface area contributed by atoms with Crippen LogP contribution in [0.5, 0.6) is 0 Å². The molecule has 1 spiro atoms. The number of rotatable bonds is 1. The molecule has 0 bridgehead atoms. The van der Waals surface area contributed by atoms with Crippen molar-refractivity contribution < 1.29 is 0 Å². The molecule has 3 nitrogen and oxygen atoms in total. The fourth-order valence-corrected chi connectivity index (χ4v) is 2.85. The molecule has 1 saturated carbocycles. The zero-order chi connectivity index (χ0) is 12.6. The number of nitrogens with zero attached hydrogens (tertiary/aromatic N) is 2. The number of anilines is 1. The van der Waals surface area contributed by atoms with E-state index in [0.29, 0.717) is 11.5 Å². The highest BCUT2D eigenvalue weighted by atomic mass is 15.2. The summed E-state index contributed by atoms with van der Waals surface area (Å²) in [6.07, 6.45) is 2.63. The third kappa shape index (κ3) is 2.09. The summed E-state index contributed by atoms with van der Waals surface area (Å²) < 4.78 is 0. The maximum absolute atomic E-state index is 9.24. The molecule has 1 heterocycles. The van der Waals surface area contributed by atoms with Crippen LogP contribution in [-0.4, -0.2) is 25.7 Å². The summed E-state index contributed by atoms with van der Waals surface area (Å²) in [5.74, 6) is 0. The average molecular weight is 241 g/mol. The van der Waals surface area contributed by atoms with E-state index in [1.54, 1.807) is 0 Å². The summed E-state index contributed by atoms with van der Waals surface area (Å²) in [6.45, 7) is 5.42. The van der Waals surface area contributed by atoms with Crippen LogP contribution in [0.3, 0.4) is 0 Å². The molecular weight excluding hydrogens is 222 g/mol. The van der Waals surface area contributed by atoms with E-state index in [-0.39, 0.29) is 0 Å². The minimum atomic E-state index is 0.466. The Morgan fingerprint density at radius 1 is 1.39 bits per heavy atom. The van der Waals surface area contributed by atoms with Gasteiger partial charge >= 0.3 is 0 Å². The lowest BCUT2D eigenvalue weighted by Crippen LogP contribution is -2.35. The Balaban J connectivity index is 1.91. The highest BCUT2D eigenvalue weighted by Gasteiger charge is 2.45. The zero-order valence-corrected chi connectivity index (χ0v) is 10.8. The molecule has 94 valence electrons. The smallest absolute Gasteiger partial charge is 0.101 e. The van der Waals surface area contributed by atoms with Crippen molar-refractivity contribution in [2.24, 2.45) is 5.41 Å². The van der Waals surface area contributed by atoms with Crippen molar-refractivity contribution >= 4 is 5.69 Å². The number of nitrogens with one attached hydrogen (secondary N) is 1. The molecule has 2 fully saturated rings. The molecule has 3 rings (SSSR count). The number of nitriles is 1. The second-order valence-electron chi connectivity index (χ2n) is 5.79. The first-order valence-electron chi connectivity index (χ1n) is 6.70. The van der Waals surface area contributed by atoms with Gasteiger partial charge in [-0.1, -0.05) is 12.1 Å². The van der Waals surface area contributed by atoms with E-state index in [2.05, 4.69) is 29.3 Å². The van der Waals surface area contributed by atoms with E-state index in [0.717, 1.165) is 30.9 Å². The van der Waals surface area contributed by atoms with Crippen LogP contribution in [0, 0.1) is 16.7 Å². The van der Waals surface area contributed by atoms with Gasteiger partial charge in [-0.2, -0.15) is 5.26 Å². The van der Waals surface area contributed by atoms with E-state index in [1.807, 2.05) is 18.2 Å². The van der Waals surface area contributed by atoms with Crippen LogP contribution in [-0.2, 0) is 0 Å². The van der Waals surface area contributed by atoms with Crippen molar-refractivity contribution in [2.75, 3.05) is 24.5 Å². The second kappa shape index (κ2) is 4.29. The maximum Gasteiger partial charge on any atom is 0.101 e. The molecule has 1 unspecified atom stereocenters. The average Bonchev–Trinajstić information content (AvgIpc) is 3.18. The molecule has 0 radical (unpaired) electrons. The molecular formula is C15H19N3. The van der Waals surface area contributed by atoms with Crippen molar-refractivity contribution in [3.05, 3.63) is 29.8 Å². The normalized spacial score (nSPS) is 25.6. The maximum atomic E-state index is 9.24. The van der Waals surface area contributed by atoms with Crippen molar-refractivity contribution in [1.82, 2.24) is 5.32 Å². The molecule has 1 aliphatic carbocycles. The molecule has 1 aromatic rings. The molecule has 0 aromatic heterocycles. The molecule has 1 saturated heterocycles. The van der Waals surface area contributed by atoms with Gasteiger partial charge in [0.25, 0.3) is 0 Å². The largest absolute Gasteiger partial charge is 0.368 e. The van der Waals surface area contributed by atoms with Crippen LogP contribution < -0.4 is 10.2 Å². The third-order valence-corrected chi connectivity index (χ3v) is 4.17. The predicted molar refractivity (Wildman–Crippen MR) is 72.5 cm³/mol. The highest BCUT2D eigenvalue weighted by molar-refractivity contribution is 5.59. The number of benzene rings is 1. The first-order chi connectivity index (χ1) is 8.72. The van der Waals surface area contributed by atoms with Gasteiger partial charge in [0.1, 0.15) is 6.07 Å². The van der Waals surface area contributed by atoms with E-state index >= 15 is 0 Å². The van der Waals surface area contributed by atoms with Gasteiger partial charge in [0.05, 0.1) is 11.3 Å². The first kappa shape index (κ1) is 11.6. The molecule has 1 N–H and O–H groups in total. The summed E-state index contributed by atoms with van der Waals surface area (Å²) in [6, 6.07) is 10.8. The summed E-state index contributed by atoms with van der Waals surface area (Å²) >= 11 is 0. The highest BCUT2D eigenvalue weighted by Crippen LogP contribution is 2.47. The Labute approximate surface area is 108 Å². The zero-order valence-electron chi connectivity index (χ0n) is 10.8. The van der Waals surface area contributed by atoms with Gasteiger partial charge in [-0.05, 0) is 31.9 Å². The molecule has 0 amide bonds. The summed E-state index contributed by atoms with van der Waals surface area (Å²) in [7, 11) is 0. The van der Waals surface area contributed by atoms with Crippen LogP contribution in [0.25, 0.3) is 0 Å². The van der Waals surface area contributed by atoms with Crippen LogP contribution in [0.4, 0.5) is 5.69 Å². The molecule has 18 heavy (non-hydrogen) atoms. The van der Waals surface area contributed by atoms with Gasteiger partial charge in [-0.15, -0.1) is 0 Å². The summed E-state index contributed by atoms with van der Waals surface area (Å²) in [5, 5.41) is 12.8. The van der Waals surface area contributed by atoms with Crippen molar-refractivity contribution in [2.45, 2.75) is 25.8 Å². The van der Waals surface area contributed by atoms with Crippen molar-refractivity contribution in [3.63, 3.8) is 0 Å². The van der Waals surface area contributed by atoms with Crippen LogP contribution in [0.2, 0.25) is 0 Å². The first-order valence-corrected chi connectivity index (χ1v) is 6.70. The van der Waals surface area contributed by atoms with Crippen molar-refractivity contribution in [3.8, 4) is 6.07 Å². The van der Waals surface area contributed by atoms with Crippen molar-refractivity contribution in [1.29, 1.82) is 5.26 Å². The molecule has 1 atom stereocenters. The fraction of sp³-hybridized carbons (Fsp3) is 0.533. The SMILES string of the molecule is CC1CN(c2ccccc2C#N)CC2(CC2)CN1. The lowest BCUT2D eigenvalue weighted by atomic mass is 10.1. The van der Waals surface area contributed by atoms with Crippen LogP contribution in [0.1, 0.15) is 25.3 Å². The minimum absolute atomic E-state index is 0.466. The Hall–Kier alpha value is -1.53. The van der Waals surface area contributed by atoms with Crippen LogP contribution >= 0.6 is 0 Å². The van der Waals surface area contributed by atoms with Gasteiger partial charge in [0.2, 0.25) is 0 Å². The van der Waals surface area contributed by atoms with E-state index in [4.69, 9.17) is 0 Å². The van der Waals surface area contributed by atoms with E-state index < -0.39 is 0 Å². The molecule has 1 aliphatic heterocycles. The van der Waals surface area contributed by atoms with Gasteiger partial charge < -0.3 is 10.2 Å². The van der Waals surface area contributed by atoms with Gasteiger partial charge in [-0.25, -0.2) is 0 Å². The topological polar surface area (TPSA) is 39.1 Å². The summed E-state index contributed by atoms with van der Waals surface area (Å²) in [5.41, 5.74) is 2.36. The van der Waals surface area contributed by atoms with Gasteiger partial charge in [0, 0.05) is 31.1 Å². The number of hydrogen-bond donors (Lipinski definition) is 1. The number of hydrogen-bond acceptors (Lipinski definition) is 3. The Kier molecular flexibility index (Phi) is 2.76. The lowest BCUT2D eigenvalue weighted by Gasteiger charge is -2.27. The molecule has 2 aliphatic rings. The van der Waals surface area contributed by atoms with Gasteiger partial charge in [-0.3, -0.25) is 0 Å².